The lowest BCUT2D eigenvalue weighted by atomic mass is 10.1. The number of unbranched alkanes of at least 4 members (excludes halogenated alkanes) is 2. The summed E-state index contributed by atoms with van der Waals surface area (Å²) in [7, 11) is 0. The molecule has 0 rings (SSSR count). The largest absolute Gasteiger partial charge is 0.480 e. The third kappa shape index (κ3) is 7.27. The minimum Gasteiger partial charge on any atom is -0.480 e. The second-order valence-corrected chi connectivity index (χ2v) is 3.07. The first-order chi connectivity index (χ1) is 6.04. The van der Waals surface area contributed by atoms with E-state index in [0.717, 1.165) is 19.3 Å². The van der Waals surface area contributed by atoms with Crippen LogP contribution in [0, 0.1) is 5.41 Å². The Hall–Kier alpha value is -1.10. The summed E-state index contributed by atoms with van der Waals surface area (Å²) in [6.45, 7) is 0. The fourth-order valence-corrected chi connectivity index (χ4v) is 0.980. The highest BCUT2D eigenvalue weighted by molar-refractivity contribution is 5.76. The molecule has 0 amide bonds. The topological polar surface area (TPSA) is 113 Å². The standard InChI is InChI=1S/C8H17N3O2/c9-6(8(12)13)4-2-1-3-5-7(10)11/h6H,1-5,9H2,(H3,10,11)(H,12,13)/t6-/m0/s1. The molecule has 0 fully saturated rings. The Labute approximate surface area is 77.6 Å². The van der Waals surface area contributed by atoms with Crippen LogP contribution >= 0.6 is 0 Å². The predicted molar refractivity (Wildman–Crippen MR) is 50.6 cm³/mol. The van der Waals surface area contributed by atoms with E-state index in [1.807, 2.05) is 0 Å². The van der Waals surface area contributed by atoms with Gasteiger partial charge in [0.05, 0.1) is 5.84 Å². The summed E-state index contributed by atoms with van der Waals surface area (Å²) < 4.78 is 0. The molecule has 0 heterocycles. The van der Waals surface area contributed by atoms with Crippen LogP contribution in [0.3, 0.4) is 0 Å². The van der Waals surface area contributed by atoms with Gasteiger partial charge in [-0.15, -0.1) is 0 Å². The first kappa shape index (κ1) is 11.9. The maximum Gasteiger partial charge on any atom is 0.320 e. The zero-order valence-electron chi connectivity index (χ0n) is 7.62. The van der Waals surface area contributed by atoms with Crippen LogP contribution in [0.4, 0.5) is 0 Å². The van der Waals surface area contributed by atoms with Crippen LogP contribution in [-0.2, 0) is 4.79 Å². The summed E-state index contributed by atoms with van der Waals surface area (Å²) in [5, 5.41) is 15.4. The first-order valence-electron chi connectivity index (χ1n) is 4.35. The number of hydrogen-bond donors (Lipinski definition) is 4. The summed E-state index contributed by atoms with van der Waals surface area (Å²) in [6.07, 6.45) is 3.57. The SMILES string of the molecule is N=C(N)CCCCC[C@H](N)C(=O)O. The van der Waals surface area contributed by atoms with Gasteiger partial charge in [-0.05, 0) is 12.8 Å². The number of nitrogens with two attached hydrogens (primary N) is 2. The number of carbonyl (C=O) groups is 1. The van der Waals surface area contributed by atoms with Crippen molar-refractivity contribution >= 4 is 11.8 Å². The molecule has 0 saturated heterocycles. The van der Waals surface area contributed by atoms with E-state index in [0.29, 0.717) is 12.8 Å². The Bertz CT molecular complexity index is 182. The van der Waals surface area contributed by atoms with Crippen molar-refractivity contribution in [3.8, 4) is 0 Å². The van der Waals surface area contributed by atoms with Gasteiger partial charge in [0.1, 0.15) is 6.04 Å². The fraction of sp³-hybridized carbons (Fsp3) is 0.750. The quantitative estimate of drug-likeness (QED) is 0.260. The lowest BCUT2D eigenvalue weighted by Crippen LogP contribution is -2.29. The van der Waals surface area contributed by atoms with Gasteiger partial charge < -0.3 is 16.6 Å². The minimum absolute atomic E-state index is 0.183. The predicted octanol–water partition coefficient (Wildman–Crippen LogP) is 0.285. The maximum absolute atomic E-state index is 10.3. The summed E-state index contributed by atoms with van der Waals surface area (Å²) >= 11 is 0. The molecule has 0 aliphatic carbocycles. The number of aliphatic carboxylic acids is 1. The summed E-state index contributed by atoms with van der Waals surface area (Å²) in [4.78, 5) is 10.3. The van der Waals surface area contributed by atoms with Crippen molar-refractivity contribution in [1.82, 2.24) is 0 Å². The minimum atomic E-state index is -0.952. The number of carboxylic acids is 1. The molecule has 5 heteroatoms. The van der Waals surface area contributed by atoms with Crippen LogP contribution in [0.5, 0.6) is 0 Å². The molecule has 0 spiro atoms. The maximum atomic E-state index is 10.3. The van der Waals surface area contributed by atoms with Crippen molar-refractivity contribution in [2.75, 3.05) is 0 Å². The molecule has 5 nitrogen and oxygen atoms in total. The van der Waals surface area contributed by atoms with Crippen molar-refractivity contribution in [2.24, 2.45) is 11.5 Å². The number of amidine groups is 1. The van der Waals surface area contributed by atoms with Crippen molar-refractivity contribution in [2.45, 2.75) is 38.1 Å². The van der Waals surface area contributed by atoms with E-state index in [9.17, 15) is 4.79 Å². The average molecular weight is 187 g/mol. The molecule has 13 heavy (non-hydrogen) atoms. The van der Waals surface area contributed by atoms with Gasteiger partial charge in [0.25, 0.3) is 0 Å². The van der Waals surface area contributed by atoms with Crippen molar-refractivity contribution in [1.29, 1.82) is 5.41 Å². The Balaban J connectivity index is 3.26. The zero-order valence-corrected chi connectivity index (χ0v) is 7.62. The highest BCUT2D eigenvalue weighted by atomic mass is 16.4. The molecule has 0 aromatic carbocycles. The van der Waals surface area contributed by atoms with Gasteiger partial charge in [-0.1, -0.05) is 12.8 Å². The third-order valence-electron chi connectivity index (χ3n) is 1.78. The molecule has 0 saturated carbocycles. The molecule has 6 N–H and O–H groups in total. The number of nitrogens with one attached hydrogen (secondary N) is 1. The molecule has 0 radical (unpaired) electrons. The highest BCUT2D eigenvalue weighted by Crippen LogP contribution is 2.04. The van der Waals surface area contributed by atoms with Crippen LogP contribution < -0.4 is 11.5 Å². The first-order valence-corrected chi connectivity index (χ1v) is 4.35. The fourth-order valence-electron chi connectivity index (χ4n) is 0.980. The normalized spacial score (nSPS) is 12.4. The van der Waals surface area contributed by atoms with E-state index < -0.39 is 12.0 Å². The lowest BCUT2D eigenvalue weighted by Gasteiger charge is -2.05. The Kier molecular flexibility index (Phi) is 5.88. The van der Waals surface area contributed by atoms with Crippen LogP contribution in [0.25, 0.3) is 0 Å². The second kappa shape index (κ2) is 6.42. The van der Waals surface area contributed by atoms with Crippen molar-refractivity contribution in [3.63, 3.8) is 0 Å². The Morgan fingerprint density at radius 2 is 2.00 bits per heavy atom. The van der Waals surface area contributed by atoms with E-state index in [1.54, 1.807) is 0 Å². The van der Waals surface area contributed by atoms with Crippen LogP contribution in [0.1, 0.15) is 32.1 Å². The molecule has 0 aromatic rings. The summed E-state index contributed by atoms with van der Waals surface area (Å²) in [6, 6.07) is -0.752. The number of hydrogen-bond acceptors (Lipinski definition) is 3. The highest BCUT2D eigenvalue weighted by Gasteiger charge is 2.09. The van der Waals surface area contributed by atoms with E-state index in [2.05, 4.69) is 0 Å². The van der Waals surface area contributed by atoms with Gasteiger partial charge in [0, 0.05) is 6.42 Å². The second-order valence-electron chi connectivity index (χ2n) is 3.07. The summed E-state index contributed by atoms with van der Waals surface area (Å²) in [5.74, 6) is -0.769. The van der Waals surface area contributed by atoms with Crippen molar-refractivity contribution in [3.05, 3.63) is 0 Å². The van der Waals surface area contributed by atoms with E-state index >= 15 is 0 Å². The van der Waals surface area contributed by atoms with Gasteiger partial charge >= 0.3 is 5.97 Å². The molecule has 0 unspecified atom stereocenters. The third-order valence-corrected chi connectivity index (χ3v) is 1.78. The van der Waals surface area contributed by atoms with E-state index in [-0.39, 0.29) is 5.84 Å². The number of carboxylic acid groups (broad SMARTS) is 1. The molecule has 1 atom stereocenters. The lowest BCUT2D eigenvalue weighted by molar-refractivity contribution is -0.138. The molecule has 76 valence electrons. The van der Waals surface area contributed by atoms with Crippen LogP contribution in [-0.4, -0.2) is 23.0 Å². The smallest absolute Gasteiger partial charge is 0.320 e. The molecule has 0 bridgehead atoms. The van der Waals surface area contributed by atoms with E-state index in [1.165, 1.54) is 0 Å². The molecule has 0 aromatic heterocycles. The molecule has 0 aliphatic heterocycles. The van der Waals surface area contributed by atoms with Gasteiger partial charge in [-0.25, -0.2) is 0 Å². The van der Waals surface area contributed by atoms with Gasteiger partial charge in [0.15, 0.2) is 0 Å². The zero-order chi connectivity index (χ0) is 10.3. The van der Waals surface area contributed by atoms with Gasteiger partial charge in [-0.3, -0.25) is 10.2 Å². The van der Waals surface area contributed by atoms with Crippen LogP contribution in [0.15, 0.2) is 0 Å². The molecular formula is C8H17N3O2. The Morgan fingerprint density at radius 3 is 2.46 bits per heavy atom. The summed E-state index contributed by atoms with van der Waals surface area (Å²) in [5.41, 5.74) is 10.4. The number of rotatable bonds is 7. The monoisotopic (exact) mass is 187 g/mol. The van der Waals surface area contributed by atoms with Crippen LogP contribution in [0.2, 0.25) is 0 Å². The van der Waals surface area contributed by atoms with Crippen molar-refractivity contribution < 1.29 is 9.90 Å². The van der Waals surface area contributed by atoms with Gasteiger partial charge in [-0.2, -0.15) is 0 Å². The molecular weight excluding hydrogens is 170 g/mol. The van der Waals surface area contributed by atoms with E-state index in [4.69, 9.17) is 22.0 Å². The Morgan fingerprint density at radius 1 is 1.38 bits per heavy atom. The average Bonchev–Trinajstić information content (AvgIpc) is 2.02. The van der Waals surface area contributed by atoms with Gasteiger partial charge in [0.2, 0.25) is 0 Å². The molecule has 0 aliphatic rings.